The Hall–Kier alpha value is -3.78. The number of nitrogens with zero attached hydrogens (tertiary/aromatic N) is 2. The number of amides is 1. The molecular weight excluding hydrogens is 536 g/mol. The summed E-state index contributed by atoms with van der Waals surface area (Å²) in [5.74, 6) is -0.566. The third-order valence-electron chi connectivity index (χ3n) is 6.06. The largest absolute Gasteiger partial charge is 0.507 e. The van der Waals surface area contributed by atoms with Gasteiger partial charge in [0.25, 0.3) is 11.7 Å². The number of carbonyl (C=O) groups excluding carboxylic acids is 2. The molecule has 3 aromatic rings. The van der Waals surface area contributed by atoms with Crippen LogP contribution in [0.3, 0.4) is 0 Å². The molecule has 0 aliphatic carbocycles. The van der Waals surface area contributed by atoms with Crippen LogP contribution in [0.25, 0.3) is 5.76 Å². The van der Waals surface area contributed by atoms with Crippen molar-refractivity contribution < 1.29 is 24.2 Å². The SMILES string of the molecule is COc1ccc(/C(O)=C2\C(=O)C(=O)N(c3ccc(N(C)C)cc3)C2c2cccc(OC(C)C)c2)cc1Br. The van der Waals surface area contributed by atoms with Crippen molar-refractivity contribution in [1.29, 1.82) is 0 Å². The number of aliphatic hydroxyl groups is 1. The normalized spacial score (nSPS) is 16.8. The van der Waals surface area contributed by atoms with Crippen LogP contribution < -0.4 is 19.3 Å². The van der Waals surface area contributed by atoms with E-state index in [-0.39, 0.29) is 17.4 Å². The van der Waals surface area contributed by atoms with E-state index in [2.05, 4.69) is 15.9 Å². The topological polar surface area (TPSA) is 79.3 Å². The molecule has 1 saturated heterocycles. The number of benzene rings is 3. The number of Topliss-reactive ketones (excluding diaryl/α,β-unsaturated/α-hetero) is 1. The van der Waals surface area contributed by atoms with E-state index >= 15 is 0 Å². The van der Waals surface area contributed by atoms with Gasteiger partial charge in [0.15, 0.2) is 0 Å². The van der Waals surface area contributed by atoms with Crippen LogP contribution >= 0.6 is 15.9 Å². The Kier molecular flexibility index (Phi) is 7.59. The Morgan fingerprint density at radius 3 is 2.32 bits per heavy atom. The maximum absolute atomic E-state index is 13.4. The summed E-state index contributed by atoms with van der Waals surface area (Å²) in [7, 11) is 5.39. The van der Waals surface area contributed by atoms with Crippen molar-refractivity contribution in [1.82, 2.24) is 0 Å². The minimum Gasteiger partial charge on any atom is -0.507 e. The van der Waals surface area contributed by atoms with Gasteiger partial charge in [-0.15, -0.1) is 0 Å². The quantitative estimate of drug-likeness (QED) is 0.217. The van der Waals surface area contributed by atoms with E-state index in [0.29, 0.717) is 32.8 Å². The van der Waals surface area contributed by atoms with Gasteiger partial charge in [0.05, 0.1) is 29.3 Å². The van der Waals surface area contributed by atoms with Gasteiger partial charge >= 0.3 is 0 Å². The summed E-state index contributed by atoms with van der Waals surface area (Å²) >= 11 is 3.43. The Balaban J connectivity index is 1.91. The fourth-order valence-corrected chi connectivity index (χ4v) is 4.87. The van der Waals surface area contributed by atoms with E-state index in [4.69, 9.17) is 9.47 Å². The lowest BCUT2D eigenvalue weighted by Gasteiger charge is -2.26. The zero-order valence-corrected chi connectivity index (χ0v) is 22.9. The van der Waals surface area contributed by atoms with E-state index < -0.39 is 17.7 Å². The van der Waals surface area contributed by atoms with Gasteiger partial charge in [0, 0.05) is 31.0 Å². The van der Waals surface area contributed by atoms with Crippen LogP contribution in [0.4, 0.5) is 11.4 Å². The molecule has 0 aromatic heterocycles. The van der Waals surface area contributed by atoms with Crippen LogP contribution in [-0.2, 0) is 9.59 Å². The molecule has 1 aliphatic rings. The summed E-state index contributed by atoms with van der Waals surface area (Å²) in [6.45, 7) is 3.85. The first-order valence-corrected chi connectivity index (χ1v) is 12.6. The smallest absolute Gasteiger partial charge is 0.300 e. The average molecular weight is 565 g/mol. The second-order valence-electron chi connectivity index (χ2n) is 9.17. The molecule has 0 bridgehead atoms. The molecule has 1 heterocycles. The van der Waals surface area contributed by atoms with E-state index in [1.165, 1.54) is 4.90 Å². The lowest BCUT2D eigenvalue weighted by atomic mass is 9.95. The number of ether oxygens (including phenoxy) is 2. The molecule has 1 unspecified atom stereocenters. The maximum atomic E-state index is 13.4. The van der Waals surface area contributed by atoms with Crippen molar-refractivity contribution in [3.63, 3.8) is 0 Å². The van der Waals surface area contributed by atoms with Crippen molar-refractivity contribution in [2.45, 2.75) is 26.0 Å². The van der Waals surface area contributed by atoms with Crippen LogP contribution in [0.15, 0.2) is 76.8 Å². The number of anilines is 2. The minimum absolute atomic E-state index is 0.000417. The van der Waals surface area contributed by atoms with Gasteiger partial charge in [-0.1, -0.05) is 12.1 Å². The second kappa shape index (κ2) is 10.7. The molecule has 0 radical (unpaired) electrons. The molecule has 0 spiro atoms. The lowest BCUT2D eigenvalue weighted by molar-refractivity contribution is -0.132. The van der Waals surface area contributed by atoms with Crippen molar-refractivity contribution in [3.8, 4) is 11.5 Å². The fourth-order valence-electron chi connectivity index (χ4n) is 4.32. The standard InChI is InChI=1S/C29H29BrN2O5/c1-17(2)37-22-8-6-7-18(15-22)26-25(27(33)19-9-14-24(36-5)23(30)16-19)28(34)29(35)32(26)21-12-10-20(11-13-21)31(3)4/h6-17,26,33H,1-5H3/b27-25+. The van der Waals surface area contributed by atoms with Crippen molar-refractivity contribution >= 4 is 44.8 Å². The molecular formula is C29H29BrN2O5. The van der Waals surface area contributed by atoms with Crippen molar-refractivity contribution in [2.75, 3.05) is 31.0 Å². The molecule has 4 rings (SSSR count). The highest BCUT2D eigenvalue weighted by molar-refractivity contribution is 9.10. The Morgan fingerprint density at radius 1 is 1.03 bits per heavy atom. The summed E-state index contributed by atoms with van der Waals surface area (Å²) < 4.78 is 11.8. The van der Waals surface area contributed by atoms with E-state index in [0.717, 1.165) is 5.69 Å². The van der Waals surface area contributed by atoms with Crippen molar-refractivity contribution in [2.24, 2.45) is 0 Å². The third-order valence-corrected chi connectivity index (χ3v) is 6.68. The van der Waals surface area contributed by atoms with Gasteiger partial charge < -0.3 is 19.5 Å². The van der Waals surface area contributed by atoms with Gasteiger partial charge in [0.2, 0.25) is 0 Å². The summed E-state index contributed by atoms with van der Waals surface area (Å²) in [6, 6.07) is 18.7. The Labute approximate surface area is 225 Å². The molecule has 192 valence electrons. The molecule has 3 aromatic carbocycles. The second-order valence-corrected chi connectivity index (χ2v) is 10.0. The minimum atomic E-state index is -0.859. The monoisotopic (exact) mass is 564 g/mol. The number of halogens is 1. The van der Waals surface area contributed by atoms with E-state index in [1.807, 2.05) is 63.2 Å². The molecule has 0 saturated carbocycles. The number of methoxy groups -OCH3 is 1. The van der Waals surface area contributed by atoms with E-state index in [1.54, 1.807) is 43.5 Å². The Bertz CT molecular complexity index is 1360. The van der Waals surface area contributed by atoms with E-state index in [9.17, 15) is 14.7 Å². The highest BCUT2D eigenvalue weighted by Gasteiger charge is 2.47. The van der Waals surface area contributed by atoms with Gasteiger partial charge in [-0.25, -0.2) is 0 Å². The van der Waals surface area contributed by atoms with Gasteiger partial charge in [-0.2, -0.15) is 0 Å². The number of hydrogen-bond donors (Lipinski definition) is 1. The zero-order chi connectivity index (χ0) is 26.9. The summed E-state index contributed by atoms with van der Waals surface area (Å²) in [6.07, 6.45) is -0.0585. The summed E-state index contributed by atoms with van der Waals surface area (Å²) in [4.78, 5) is 30.3. The van der Waals surface area contributed by atoms with Crippen LogP contribution in [0.2, 0.25) is 0 Å². The molecule has 1 N–H and O–H groups in total. The van der Waals surface area contributed by atoms with Crippen LogP contribution in [0, 0.1) is 0 Å². The molecule has 1 aliphatic heterocycles. The molecule has 7 nitrogen and oxygen atoms in total. The molecule has 37 heavy (non-hydrogen) atoms. The lowest BCUT2D eigenvalue weighted by Crippen LogP contribution is -2.29. The van der Waals surface area contributed by atoms with Crippen LogP contribution in [0.1, 0.15) is 31.0 Å². The summed E-state index contributed by atoms with van der Waals surface area (Å²) in [5, 5.41) is 11.4. The van der Waals surface area contributed by atoms with Gasteiger partial charge in [0.1, 0.15) is 17.3 Å². The number of ketones is 1. The molecule has 1 amide bonds. The maximum Gasteiger partial charge on any atom is 0.300 e. The number of hydrogen-bond acceptors (Lipinski definition) is 6. The Morgan fingerprint density at radius 2 is 1.73 bits per heavy atom. The highest BCUT2D eigenvalue weighted by atomic mass is 79.9. The molecule has 1 atom stereocenters. The predicted octanol–water partition coefficient (Wildman–Crippen LogP) is 5.94. The van der Waals surface area contributed by atoms with Crippen LogP contribution in [-0.4, -0.2) is 44.1 Å². The molecule has 8 heteroatoms. The number of aliphatic hydroxyl groups excluding tert-OH is 1. The first-order chi connectivity index (χ1) is 17.6. The predicted molar refractivity (Wildman–Crippen MR) is 148 cm³/mol. The summed E-state index contributed by atoms with van der Waals surface area (Å²) in [5.41, 5.74) is 2.52. The average Bonchev–Trinajstić information content (AvgIpc) is 3.13. The fraction of sp³-hybridized carbons (Fsp3) is 0.241. The van der Waals surface area contributed by atoms with Gasteiger partial charge in [-0.05, 0) is 89.9 Å². The van der Waals surface area contributed by atoms with Crippen molar-refractivity contribution in [3.05, 3.63) is 87.9 Å². The zero-order valence-electron chi connectivity index (χ0n) is 21.4. The number of rotatable bonds is 7. The first-order valence-electron chi connectivity index (χ1n) is 11.8. The number of carbonyl (C=O) groups is 2. The van der Waals surface area contributed by atoms with Crippen LogP contribution in [0.5, 0.6) is 11.5 Å². The highest BCUT2D eigenvalue weighted by Crippen LogP contribution is 2.43. The molecule has 1 fully saturated rings. The third kappa shape index (κ3) is 5.20. The van der Waals surface area contributed by atoms with Gasteiger partial charge in [-0.3, -0.25) is 14.5 Å². The first kappa shape index (κ1) is 26.3.